The van der Waals surface area contributed by atoms with Gasteiger partial charge in [-0.2, -0.15) is 9.78 Å². The van der Waals surface area contributed by atoms with E-state index in [2.05, 4.69) is 41.9 Å². The molecule has 0 saturated carbocycles. The number of ether oxygens (including phenoxy) is 2. The average Bonchev–Trinajstić information content (AvgIpc) is 2.77. The van der Waals surface area contributed by atoms with Crippen molar-refractivity contribution in [1.82, 2.24) is 9.66 Å². The standard InChI is InChI=1S/C21H18Br2N4O6/c1-3-18-25-16-6-5-13(22)9-14(16)21(29)26(18)24-10-12-7-15(23)20(17(8-12)27(30)31)33-11-19(28)32-4-2/h5-10H,3-4,11H2,1-2H3. The number of nitro benzene ring substituents is 1. The van der Waals surface area contributed by atoms with Crippen LogP contribution in [-0.2, 0) is 16.0 Å². The summed E-state index contributed by atoms with van der Waals surface area (Å²) < 4.78 is 12.2. The Bertz CT molecular complexity index is 1320. The molecule has 12 heteroatoms. The van der Waals surface area contributed by atoms with Gasteiger partial charge in [-0.25, -0.2) is 9.78 Å². The number of nitrogens with zero attached hydrogens (tertiary/aromatic N) is 4. The predicted molar refractivity (Wildman–Crippen MR) is 129 cm³/mol. The number of carbonyl (C=O) groups excluding carboxylic acids is 1. The first kappa shape index (κ1) is 24.5. The number of hydrogen-bond donors (Lipinski definition) is 0. The molecular formula is C21H18Br2N4O6. The molecule has 0 spiro atoms. The normalized spacial score (nSPS) is 11.2. The van der Waals surface area contributed by atoms with E-state index in [9.17, 15) is 19.7 Å². The molecule has 0 aliphatic rings. The Kier molecular flexibility index (Phi) is 7.92. The highest BCUT2D eigenvalue weighted by molar-refractivity contribution is 9.10. The number of rotatable bonds is 8. The van der Waals surface area contributed by atoms with E-state index in [1.165, 1.54) is 23.0 Å². The number of esters is 1. The lowest BCUT2D eigenvalue weighted by Gasteiger charge is -2.10. The van der Waals surface area contributed by atoms with Gasteiger partial charge in [-0.1, -0.05) is 22.9 Å². The van der Waals surface area contributed by atoms with Crippen LogP contribution in [0.1, 0.15) is 25.2 Å². The maximum atomic E-state index is 13.0. The summed E-state index contributed by atoms with van der Waals surface area (Å²) in [5.74, 6) is -0.325. The van der Waals surface area contributed by atoms with Crippen molar-refractivity contribution in [2.24, 2.45) is 5.10 Å². The number of aromatic nitrogens is 2. The summed E-state index contributed by atoms with van der Waals surface area (Å²) in [6.07, 6.45) is 1.77. The van der Waals surface area contributed by atoms with Gasteiger partial charge in [0.2, 0.25) is 5.75 Å². The highest BCUT2D eigenvalue weighted by atomic mass is 79.9. The minimum Gasteiger partial charge on any atom is -0.474 e. The van der Waals surface area contributed by atoms with Crippen LogP contribution in [0.5, 0.6) is 5.75 Å². The van der Waals surface area contributed by atoms with Crippen molar-refractivity contribution in [1.29, 1.82) is 0 Å². The molecule has 3 rings (SSSR count). The molecule has 1 heterocycles. The van der Waals surface area contributed by atoms with Gasteiger partial charge in [0.15, 0.2) is 6.61 Å². The van der Waals surface area contributed by atoms with E-state index in [1.54, 1.807) is 25.1 Å². The van der Waals surface area contributed by atoms with Gasteiger partial charge in [0.1, 0.15) is 5.82 Å². The summed E-state index contributed by atoms with van der Waals surface area (Å²) in [6.45, 7) is 3.17. The lowest BCUT2D eigenvalue weighted by Crippen LogP contribution is -2.22. The second-order valence-corrected chi connectivity index (χ2v) is 8.38. The molecule has 0 unspecified atom stereocenters. The summed E-state index contributed by atoms with van der Waals surface area (Å²) in [4.78, 5) is 40.0. The van der Waals surface area contributed by atoms with Crippen LogP contribution >= 0.6 is 31.9 Å². The summed E-state index contributed by atoms with van der Waals surface area (Å²) in [5, 5.41) is 16.2. The van der Waals surface area contributed by atoms with E-state index in [4.69, 9.17) is 9.47 Å². The second-order valence-electron chi connectivity index (χ2n) is 6.61. The Balaban J connectivity index is 2.01. The number of benzene rings is 2. The predicted octanol–water partition coefficient (Wildman–Crippen LogP) is 4.22. The molecular weight excluding hydrogens is 564 g/mol. The van der Waals surface area contributed by atoms with Gasteiger partial charge in [0, 0.05) is 22.5 Å². The quantitative estimate of drug-likeness (QED) is 0.169. The van der Waals surface area contributed by atoms with E-state index in [-0.39, 0.29) is 28.1 Å². The lowest BCUT2D eigenvalue weighted by atomic mass is 10.2. The largest absolute Gasteiger partial charge is 0.474 e. The van der Waals surface area contributed by atoms with E-state index in [1.807, 2.05) is 6.92 Å². The summed E-state index contributed by atoms with van der Waals surface area (Å²) >= 11 is 6.58. The number of hydrogen-bond acceptors (Lipinski definition) is 8. The molecule has 33 heavy (non-hydrogen) atoms. The molecule has 0 fully saturated rings. The first-order valence-electron chi connectivity index (χ1n) is 9.77. The van der Waals surface area contributed by atoms with Crippen LogP contribution in [0, 0.1) is 10.1 Å². The molecule has 0 saturated heterocycles. The first-order valence-corrected chi connectivity index (χ1v) is 11.4. The minimum absolute atomic E-state index is 0.117. The Hall–Kier alpha value is -3.12. The minimum atomic E-state index is -0.647. The lowest BCUT2D eigenvalue weighted by molar-refractivity contribution is -0.385. The van der Waals surface area contributed by atoms with Gasteiger partial charge in [0.05, 0.1) is 33.1 Å². The van der Waals surface area contributed by atoms with E-state index >= 15 is 0 Å². The first-order chi connectivity index (χ1) is 15.7. The van der Waals surface area contributed by atoms with Gasteiger partial charge in [0.25, 0.3) is 5.56 Å². The number of carbonyl (C=O) groups is 1. The van der Waals surface area contributed by atoms with Crippen molar-refractivity contribution in [3.63, 3.8) is 0 Å². The van der Waals surface area contributed by atoms with Gasteiger partial charge in [-0.15, -0.1) is 0 Å². The number of fused-ring (bicyclic) bond motifs is 1. The second kappa shape index (κ2) is 10.7. The molecule has 10 nitrogen and oxygen atoms in total. The summed E-state index contributed by atoms with van der Waals surface area (Å²) in [6, 6.07) is 7.95. The third-order valence-corrected chi connectivity index (χ3v) is 5.48. The average molecular weight is 582 g/mol. The van der Waals surface area contributed by atoms with Crippen molar-refractivity contribution in [3.05, 3.63) is 71.1 Å². The molecule has 0 amide bonds. The zero-order valence-electron chi connectivity index (χ0n) is 17.6. The molecule has 172 valence electrons. The van der Waals surface area contributed by atoms with Crippen molar-refractivity contribution < 1.29 is 19.2 Å². The number of aryl methyl sites for hydroxylation is 1. The summed E-state index contributed by atoms with van der Waals surface area (Å²) in [5.41, 5.74) is 0.143. The molecule has 3 aromatic rings. The topological polar surface area (TPSA) is 126 Å². The Morgan fingerprint density at radius 2 is 2.03 bits per heavy atom. The molecule has 0 radical (unpaired) electrons. The van der Waals surface area contributed by atoms with Crippen molar-refractivity contribution in [3.8, 4) is 5.75 Å². The van der Waals surface area contributed by atoms with E-state index in [0.717, 1.165) is 4.47 Å². The third kappa shape index (κ3) is 5.63. The maximum Gasteiger partial charge on any atom is 0.344 e. The van der Waals surface area contributed by atoms with Gasteiger partial charge in [-0.3, -0.25) is 14.9 Å². The van der Waals surface area contributed by atoms with E-state index in [0.29, 0.717) is 28.7 Å². The molecule has 2 aromatic carbocycles. The fourth-order valence-corrected chi connectivity index (χ4v) is 3.90. The van der Waals surface area contributed by atoms with Crippen LogP contribution in [0.4, 0.5) is 5.69 Å². The highest BCUT2D eigenvalue weighted by Gasteiger charge is 2.21. The van der Waals surface area contributed by atoms with Crippen molar-refractivity contribution >= 4 is 60.6 Å². The fourth-order valence-electron chi connectivity index (χ4n) is 2.95. The van der Waals surface area contributed by atoms with Crippen LogP contribution in [0.2, 0.25) is 0 Å². The Labute approximate surface area is 204 Å². The molecule has 0 bridgehead atoms. The molecule has 1 aromatic heterocycles. The van der Waals surface area contributed by atoms with Crippen LogP contribution in [-0.4, -0.2) is 40.0 Å². The van der Waals surface area contributed by atoms with Crippen LogP contribution in [0.15, 0.2) is 49.2 Å². The van der Waals surface area contributed by atoms with Gasteiger partial charge < -0.3 is 9.47 Å². The summed E-state index contributed by atoms with van der Waals surface area (Å²) in [7, 11) is 0. The molecule has 0 N–H and O–H groups in total. The number of nitro groups is 1. The smallest absolute Gasteiger partial charge is 0.344 e. The molecule has 0 aliphatic heterocycles. The zero-order valence-corrected chi connectivity index (χ0v) is 20.8. The van der Waals surface area contributed by atoms with Gasteiger partial charge in [-0.05, 0) is 47.1 Å². The van der Waals surface area contributed by atoms with Crippen molar-refractivity contribution in [2.45, 2.75) is 20.3 Å². The van der Waals surface area contributed by atoms with Crippen LogP contribution in [0.25, 0.3) is 10.9 Å². The zero-order chi connectivity index (χ0) is 24.1. The van der Waals surface area contributed by atoms with Crippen LogP contribution in [0.3, 0.4) is 0 Å². The SMILES string of the molecule is CCOC(=O)COc1c(Br)cc(C=Nn2c(CC)nc3ccc(Br)cc3c2=O)cc1[N+](=O)[O-]. The van der Waals surface area contributed by atoms with E-state index < -0.39 is 17.5 Å². The molecule has 0 aliphatic carbocycles. The third-order valence-electron chi connectivity index (χ3n) is 4.40. The Morgan fingerprint density at radius 3 is 2.70 bits per heavy atom. The Morgan fingerprint density at radius 1 is 1.27 bits per heavy atom. The highest BCUT2D eigenvalue weighted by Crippen LogP contribution is 2.36. The fraction of sp³-hybridized carbons (Fsp3) is 0.238. The van der Waals surface area contributed by atoms with Crippen LogP contribution < -0.4 is 10.3 Å². The van der Waals surface area contributed by atoms with Gasteiger partial charge >= 0.3 is 11.7 Å². The number of halogens is 2. The maximum absolute atomic E-state index is 13.0. The van der Waals surface area contributed by atoms with Crippen molar-refractivity contribution in [2.75, 3.05) is 13.2 Å². The molecule has 0 atom stereocenters. The monoisotopic (exact) mass is 580 g/mol.